The van der Waals surface area contributed by atoms with Gasteiger partial charge in [-0.1, -0.05) is 6.92 Å². The first-order valence-electron chi connectivity index (χ1n) is 5.65. The van der Waals surface area contributed by atoms with Crippen LogP contribution < -0.4 is 0 Å². The van der Waals surface area contributed by atoms with Crippen LogP contribution in [0.3, 0.4) is 0 Å². The molecule has 17 heavy (non-hydrogen) atoms. The number of thioether (sulfide) groups is 1. The van der Waals surface area contributed by atoms with Crippen LogP contribution in [0.1, 0.15) is 13.3 Å². The van der Waals surface area contributed by atoms with Crippen molar-refractivity contribution in [2.75, 3.05) is 31.7 Å². The quantitative estimate of drug-likeness (QED) is 0.788. The molecule has 2 atom stereocenters. The summed E-state index contributed by atoms with van der Waals surface area (Å²) in [7, 11) is 0. The first kappa shape index (κ1) is 14.3. The van der Waals surface area contributed by atoms with Crippen molar-refractivity contribution >= 4 is 23.6 Å². The summed E-state index contributed by atoms with van der Waals surface area (Å²) in [6.07, 6.45) is 1.56. The third-order valence-corrected chi connectivity index (χ3v) is 3.52. The molecule has 5 nitrogen and oxygen atoms in total. The zero-order valence-corrected chi connectivity index (χ0v) is 11.0. The van der Waals surface area contributed by atoms with Gasteiger partial charge in [0.2, 0.25) is 5.91 Å². The number of rotatable bonds is 5. The van der Waals surface area contributed by atoms with Crippen molar-refractivity contribution in [1.82, 2.24) is 4.90 Å². The molecule has 6 heteroatoms. The number of aliphatic carboxylic acids is 1. The Morgan fingerprint density at radius 1 is 1.59 bits per heavy atom. The monoisotopic (exact) mass is 261 g/mol. The number of carboxylic acids is 1. The minimum Gasteiger partial charge on any atom is -0.481 e. The maximum absolute atomic E-state index is 12.0. The molecule has 1 aliphatic rings. The van der Waals surface area contributed by atoms with Crippen LogP contribution in [-0.2, 0) is 14.3 Å². The highest BCUT2D eigenvalue weighted by molar-refractivity contribution is 7.98. The average molecular weight is 261 g/mol. The molecule has 0 aliphatic carbocycles. The molecule has 0 unspecified atom stereocenters. The number of carboxylic acid groups (broad SMARTS) is 1. The summed E-state index contributed by atoms with van der Waals surface area (Å²) < 4.78 is 5.33. The maximum atomic E-state index is 12.0. The highest BCUT2D eigenvalue weighted by Crippen LogP contribution is 2.14. The van der Waals surface area contributed by atoms with Crippen LogP contribution in [0.4, 0.5) is 0 Å². The number of carbonyl (C=O) groups is 2. The molecule has 1 fully saturated rings. The molecule has 1 rings (SSSR count). The van der Waals surface area contributed by atoms with E-state index >= 15 is 0 Å². The second-order valence-electron chi connectivity index (χ2n) is 4.23. The van der Waals surface area contributed by atoms with E-state index in [4.69, 9.17) is 9.84 Å². The highest BCUT2D eigenvalue weighted by atomic mass is 32.2. The topological polar surface area (TPSA) is 66.8 Å². The van der Waals surface area contributed by atoms with Gasteiger partial charge < -0.3 is 14.7 Å². The van der Waals surface area contributed by atoms with Gasteiger partial charge in [-0.05, 0) is 6.26 Å². The number of morpholine rings is 1. The van der Waals surface area contributed by atoms with Crippen LogP contribution in [0, 0.1) is 5.92 Å². The van der Waals surface area contributed by atoms with Gasteiger partial charge in [-0.2, -0.15) is 11.8 Å². The summed E-state index contributed by atoms with van der Waals surface area (Å²) in [6, 6.07) is 0. The van der Waals surface area contributed by atoms with E-state index in [-0.39, 0.29) is 24.3 Å². The van der Waals surface area contributed by atoms with Gasteiger partial charge in [-0.15, -0.1) is 0 Å². The predicted molar refractivity (Wildman–Crippen MR) is 66.1 cm³/mol. The largest absolute Gasteiger partial charge is 0.481 e. The fraction of sp³-hybridized carbons (Fsp3) is 0.818. The van der Waals surface area contributed by atoms with Gasteiger partial charge in [0.05, 0.1) is 19.1 Å². The molecule has 0 bridgehead atoms. The number of carbonyl (C=O) groups excluding carboxylic acids is 1. The zero-order valence-electron chi connectivity index (χ0n) is 10.2. The minimum atomic E-state index is -0.888. The van der Waals surface area contributed by atoms with Gasteiger partial charge in [0.25, 0.3) is 0 Å². The molecule has 1 amide bonds. The third-order valence-electron chi connectivity index (χ3n) is 2.69. The third kappa shape index (κ3) is 4.55. The summed E-state index contributed by atoms with van der Waals surface area (Å²) in [6.45, 7) is 3.29. The number of hydrogen-bond acceptors (Lipinski definition) is 4. The first-order valence-corrected chi connectivity index (χ1v) is 7.05. The molecular weight excluding hydrogens is 242 g/mol. The normalized spacial score (nSPS) is 22.2. The molecule has 0 aromatic heterocycles. The standard InChI is InChI=1S/C11H19NO4S/c1-8(7-17-2)11(15)12-3-4-16-9(6-12)5-10(13)14/h8-9H,3-7H2,1-2H3,(H,13,14)/t8-,9+/m1/s1. The minimum absolute atomic E-state index is 0.0198. The molecule has 1 aliphatic heterocycles. The van der Waals surface area contributed by atoms with Gasteiger partial charge in [0.15, 0.2) is 0 Å². The maximum Gasteiger partial charge on any atom is 0.306 e. The molecule has 0 spiro atoms. The fourth-order valence-electron chi connectivity index (χ4n) is 1.87. The van der Waals surface area contributed by atoms with Crippen molar-refractivity contribution in [2.45, 2.75) is 19.4 Å². The Morgan fingerprint density at radius 2 is 2.29 bits per heavy atom. The summed E-state index contributed by atoms with van der Waals surface area (Å²) in [5.74, 6) is -0.0205. The van der Waals surface area contributed by atoms with Crippen molar-refractivity contribution in [3.8, 4) is 0 Å². The zero-order chi connectivity index (χ0) is 12.8. The first-order chi connectivity index (χ1) is 8.04. The van der Waals surface area contributed by atoms with Gasteiger partial charge in [-0.25, -0.2) is 0 Å². The molecular formula is C11H19NO4S. The smallest absolute Gasteiger partial charge is 0.306 e. The number of amides is 1. The Balaban J connectivity index is 2.48. The van der Waals surface area contributed by atoms with Crippen LogP contribution in [-0.4, -0.2) is 59.7 Å². The van der Waals surface area contributed by atoms with E-state index in [9.17, 15) is 9.59 Å². The fourth-order valence-corrected chi connectivity index (χ4v) is 2.51. The van der Waals surface area contributed by atoms with Crippen molar-refractivity contribution in [3.05, 3.63) is 0 Å². The predicted octanol–water partition coefficient (Wildman–Crippen LogP) is 0.688. The van der Waals surface area contributed by atoms with E-state index in [0.717, 1.165) is 5.75 Å². The van der Waals surface area contributed by atoms with Crippen LogP contribution in [0.25, 0.3) is 0 Å². The van der Waals surface area contributed by atoms with Gasteiger partial charge in [-0.3, -0.25) is 9.59 Å². The molecule has 1 N–H and O–H groups in total. The van der Waals surface area contributed by atoms with Crippen molar-refractivity contribution in [2.24, 2.45) is 5.92 Å². The molecule has 1 heterocycles. The lowest BCUT2D eigenvalue weighted by atomic mass is 10.1. The second-order valence-corrected chi connectivity index (χ2v) is 5.14. The Morgan fingerprint density at radius 3 is 2.88 bits per heavy atom. The van der Waals surface area contributed by atoms with Crippen molar-refractivity contribution < 1.29 is 19.4 Å². The molecule has 0 radical (unpaired) electrons. The van der Waals surface area contributed by atoms with Crippen LogP contribution >= 0.6 is 11.8 Å². The van der Waals surface area contributed by atoms with E-state index in [1.807, 2.05) is 13.2 Å². The lowest BCUT2D eigenvalue weighted by Gasteiger charge is -2.33. The number of hydrogen-bond donors (Lipinski definition) is 1. The van der Waals surface area contributed by atoms with Gasteiger partial charge in [0.1, 0.15) is 0 Å². The molecule has 1 saturated heterocycles. The Hall–Kier alpha value is -0.750. The lowest BCUT2D eigenvalue weighted by molar-refractivity contribution is -0.149. The van der Waals surface area contributed by atoms with Crippen molar-refractivity contribution in [1.29, 1.82) is 0 Å². The van der Waals surface area contributed by atoms with Crippen LogP contribution in [0.15, 0.2) is 0 Å². The lowest BCUT2D eigenvalue weighted by Crippen LogP contribution is -2.48. The van der Waals surface area contributed by atoms with Crippen LogP contribution in [0.2, 0.25) is 0 Å². The Kier molecular flexibility index (Phi) is 5.77. The molecule has 0 saturated carbocycles. The summed E-state index contributed by atoms with van der Waals surface area (Å²) in [4.78, 5) is 24.3. The van der Waals surface area contributed by atoms with Gasteiger partial charge in [0, 0.05) is 24.8 Å². The summed E-state index contributed by atoms with van der Waals surface area (Å²) >= 11 is 1.64. The highest BCUT2D eigenvalue weighted by Gasteiger charge is 2.28. The summed E-state index contributed by atoms with van der Waals surface area (Å²) in [5.41, 5.74) is 0. The Labute approximate surface area is 105 Å². The van der Waals surface area contributed by atoms with E-state index in [1.165, 1.54) is 0 Å². The van der Waals surface area contributed by atoms with E-state index < -0.39 is 5.97 Å². The van der Waals surface area contributed by atoms with E-state index in [1.54, 1.807) is 16.7 Å². The molecule has 98 valence electrons. The SMILES string of the molecule is CSC[C@@H](C)C(=O)N1CCO[C@@H](CC(=O)O)C1. The Bertz CT molecular complexity index is 285. The number of nitrogens with zero attached hydrogens (tertiary/aromatic N) is 1. The van der Waals surface area contributed by atoms with E-state index in [2.05, 4.69) is 0 Å². The van der Waals surface area contributed by atoms with Gasteiger partial charge >= 0.3 is 5.97 Å². The summed E-state index contributed by atoms with van der Waals surface area (Å²) in [5, 5.41) is 8.70. The average Bonchev–Trinajstić information content (AvgIpc) is 2.28. The van der Waals surface area contributed by atoms with E-state index in [0.29, 0.717) is 19.7 Å². The second kappa shape index (κ2) is 6.86. The van der Waals surface area contributed by atoms with Crippen LogP contribution in [0.5, 0.6) is 0 Å². The molecule has 0 aromatic carbocycles. The molecule has 0 aromatic rings. The van der Waals surface area contributed by atoms with Crippen molar-refractivity contribution in [3.63, 3.8) is 0 Å². The number of ether oxygens (including phenoxy) is 1.